The summed E-state index contributed by atoms with van der Waals surface area (Å²) in [5, 5.41) is 0. The highest BCUT2D eigenvalue weighted by molar-refractivity contribution is 7.98. The number of ether oxygens (including phenoxy) is 1. The number of hydrogen-bond acceptors (Lipinski definition) is 4. The lowest BCUT2D eigenvalue weighted by atomic mass is 10.1. The second kappa shape index (κ2) is 7.31. The summed E-state index contributed by atoms with van der Waals surface area (Å²) < 4.78 is 5.41. The zero-order valence-corrected chi connectivity index (χ0v) is 15.4. The van der Waals surface area contributed by atoms with Crippen molar-refractivity contribution in [2.24, 2.45) is 0 Å². The molecule has 25 heavy (non-hydrogen) atoms. The minimum absolute atomic E-state index is 0.0620. The molecule has 0 saturated carbocycles. The number of rotatable bonds is 4. The van der Waals surface area contributed by atoms with Gasteiger partial charge in [-0.25, -0.2) is 4.79 Å². The Kier molecular flexibility index (Phi) is 5.13. The maximum absolute atomic E-state index is 12.8. The van der Waals surface area contributed by atoms with Crippen LogP contribution in [-0.2, 0) is 16.0 Å². The molecule has 0 saturated heterocycles. The van der Waals surface area contributed by atoms with E-state index in [2.05, 4.69) is 0 Å². The van der Waals surface area contributed by atoms with Gasteiger partial charge in [-0.3, -0.25) is 4.79 Å². The molecule has 1 heterocycles. The monoisotopic (exact) mass is 355 g/mol. The van der Waals surface area contributed by atoms with Crippen LogP contribution in [0, 0.1) is 0 Å². The average Bonchev–Trinajstić information content (AvgIpc) is 2.96. The summed E-state index contributed by atoms with van der Waals surface area (Å²) >= 11 is 1.61. The molecule has 2 aromatic rings. The molecule has 3 rings (SSSR count). The van der Waals surface area contributed by atoms with E-state index in [1.54, 1.807) is 35.7 Å². The van der Waals surface area contributed by atoms with Crippen molar-refractivity contribution in [2.75, 3.05) is 11.2 Å². The number of carbonyl (C=O) groups is 2. The van der Waals surface area contributed by atoms with Gasteiger partial charge in [-0.2, -0.15) is 0 Å². The fraction of sp³-hybridized carbons (Fsp3) is 0.300. The van der Waals surface area contributed by atoms with E-state index < -0.39 is 12.1 Å². The molecular weight excluding hydrogens is 334 g/mol. The highest BCUT2D eigenvalue weighted by Gasteiger charge is 2.34. The summed E-state index contributed by atoms with van der Waals surface area (Å²) in [5.74, 6) is -0.667. The zero-order chi connectivity index (χ0) is 18.0. The number of carbonyl (C=O) groups excluding carboxylic acids is 2. The van der Waals surface area contributed by atoms with E-state index in [0.29, 0.717) is 5.56 Å². The molecule has 0 N–H and O–H groups in total. The predicted octanol–water partition coefficient (Wildman–Crippen LogP) is 3.93. The van der Waals surface area contributed by atoms with E-state index in [1.807, 2.05) is 49.6 Å². The van der Waals surface area contributed by atoms with Gasteiger partial charge in [0.25, 0.3) is 5.91 Å². The van der Waals surface area contributed by atoms with Crippen LogP contribution in [0.4, 0.5) is 5.69 Å². The maximum Gasteiger partial charge on any atom is 0.338 e. The first-order chi connectivity index (χ1) is 12.0. The molecule has 0 unspecified atom stereocenters. The summed E-state index contributed by atoms with van der Waals surface area (Å²) in [6, 6.07) is 15.1. The molecule has 130 valence electrons. The smallest absolute Gasteiger partial charge is 0.338 e. The van der Waals surface area contributed by atoms with Gasteiger partial charge in [-0.15, -0.1) is 11.8 Å². The van der Waals surface area contributed by atoms with Gasteiger partial charge < -0.3 is 9.64 Å². The predicted molar refractivity (Wildman–Crippen MR) is 100 cm³/mol. The molecule has 0 aliphatic carbocycles. The molecule has 0 aromatic heterocycles. The molecule has 0 radical (unpaired) electrons. The molecule has 0 bridgehead atoms. The van der Waals surface area contributed by atoms with Crippen LogP contribution in [0.15, 0.2) is 53.4 Å². The lowest BCUT2D eigenvalue weighted by molar-refractivity contribution is -0.126. The Morgan fingerprint density at radius 3 is 2.52 bits per heavy atom. The molecule has 1 amide bonds. The van der Waals surface area contributed by atoms with Gasteiger partial charge in [0, 0.05) is 16.6 Å². The Hall–Kier alpha value is -2.27. The van der Waals surface area contributed by atoms with Gasteiger partial charge in [0.15, 0.2) is 6.10 Å². The number of esters is 1. The summed E-state index contributed by atoms with van der Waals surface area (Å²) in [4.78, 5) is 27.9. The van der Waals surface area contributed by atoms with Crippen LogP contribution in [0.2, 0.25) is 0 Å². The largest absolute Gasteiger partial charge is 0.449 e. The quantitative estimate of drug-likeness (QED) is 0.616. The van der Waals surface area contributed by atoms with Crippen LogP contribution in [0.25, 0.3) is 0 Å². The van der Waals surface area contributed by atoms with Gasteiger partial charge in [-0.05, 0) is 62.4 Å². The van der Waals surface area contributed by atoms with Gasteiger partial charge in [-0.1, -0.05) is 18.2 Å². The average molecular weight is 355 g/mol. The van der Waals surface area contributed by atoms with E-state index in [-0.39, 0.29) is 11.9 Å². The third-order valence-corrected chi connectivity index (χ3v) is 5.15. The highest BCUT2D eigenvalue weighted by atomic mass is 32.2. The van der Waals surface area contributed by atoms with Crippen molar-refractivity contribution < 1.29 is 14.3 Å². The molecule has 0 fully saturated rings. The van der Waals surface area contributed by atoms with Gasteiger partial charge in [0.05, 0.1) is 5.56 Å². The van der Waals surface area contributed by atoms with Crippen LogP contribution >= 0.6 is 11.8 Å². The number of nitrogens with zero attached hydrogens (tertiary/aromatic N) is 1. The Bertz CT molecular complexity index is 788. The van der Waals surface area contributed by atoms with Crippen molar-refractivity contribution in [3.63, 3.8) is 0 Å². The summed E-state index contributed by atoms with van der Waals surface area (Å²) in [6.07, 6.45) is 1.96. The maximum atomic E-state index is 12.8. The number of thioether (sulfide) groups is 1. The van der Waals surface area contributed by atoms with Crippen molar-refractivity contribution >= 4 is 29.3 Å². The van der Waals surface area contributed by atoms with Crippen molar-refractivity contribution in [2.45, 2.75) is 37.3 Å². The SMILES string of the molecule is CSc1ccc(C(=O)O[C@H](C)C(=O)N2c3ccccc3C[C@@H]2C)cc1. The van der Waals surface area contributed by atoms with E-state index in [0.717, 1.165) is 22.6 Å². The third kappa shape index (κ3) is 3.56. The fourth-order valence-electron chi connectivity index (χ4n) is 3.10. The van der Waals surface area contributed by atoms with Gasteiger partial charge >= 0.3 is 5.97 Å². The molecule has 1 aliphatic rings. The molecule has 4 nitrogen and oxygen atoms in total. The van der Waals surface area contributed by atoms with Crippen LogP contribution in [0.3, 0.4) is 0 Å². The molecule has 1 aliphatic heterocycles. The van der Waals surface area contributed by atoms with E-state index in [1.165, 1.54) is 0 Å². The van der Waals surface area contributed by atoms with Crippen molar-refractivity contribution in [3.05, 3.63) is 59.7 Å². The Labute approximate surface area is 152 Å². The second-order valence-electron chi connectivity index (χ2n) is 6.17. The summed E-state index contributed by atoms with van der Waals surface area (Å²) in [6.45, 7) is 3.64. The Morgan fingerprint density at radius 1 is 1.16 bits per heavy atom. The zero-order valence-electron chi connectivity index (χ0n) is 14.6. The summed E-state index contributed by atoms with van der Waals surface area (Å²) in [5.41, 5.74) is 2.51. The highest BCUT2D eigenvalue weighted by Crippen LogP contribution is 2.32. The second-order valence-corrected chi connectivity index (χ2v) is 7.05. The first kappa shape index (κ1) is 17.5. The molecule has 0 spiro atoms. The standard InChI is InChI=1S/C20H21NO3S/c1-13-12-16-6-4-5-7-18(16)21(13)19(22)14(2)24-20(23)15-8-10-17(25-3)11-9-15/h4-11,13-14H,12H2,1-3H3/t13-,14+/m0/s1. The number of hydrogen-bond donors (Lipinski definition) is 0. The van der Waals surface area contributed by atoms with Crippen molar-refractivity contribution in [1.82, 2.24) is 0 Å². The molecule has 2 atom stereocenters. The lowest BCUT2D eigenvalue weighted by Crippen LogP contribution is -2.43. The van der Waals surface area contributed by atoms with Crippen LogP contribution in [0.1, 0.15) is 29.8 Å². The van der Waals surface area contributed by atoms with Gasteiger partial charge in [0.1, 0.15) is 0 Å². The number of para-hydroxylation sites is 1. The van der Waals surface area contributed by atoms with E-state index in [9.17, 15) is 9.59 Å². The minimum Gasteiger partial charge on any atom is -0.449 e. The normalized spacial score (nSPS) is 17.1. The van der Waals surface area contributed by atoms with E-state index >= 15 is 0 Å². The number of benzene rings is 2. The third-order valence-electron chi connectivity index (χ3n) is 4.40. The first-order valence-corrected chi connectivity index (χ1v) is 9.49. The first-order valence-electron chi connectivity index (χ1n) is 8.27. The molecule has 5 heteroatoms. The van der Waals surface area contributed by atoms with Crippen molar-refractivity contribution in [3.8, 4) is 0 Å². The Balaban J connectivity index is 1.71. The van der Waals surface area contributed by atoms with E-state index in [4.69, 9.17) is 4.74 Å². The van der Waals surface area contributed by atoms with Crippen LogP contribution in [0.5, 0.6) is 0 Å². The number of fused-ring (bicyclic) bond motifs is 1. The van der Waals surface area contributed by atoms with Crippen molar-refractivity contribution in [1.29, 1.82) is 0 Å². The fourth-order valence-corrected chi connectivity index (χ4v) is 3.51. The lowest BCUT2D eigenvalue weighted by Gasteiger charge is -2.25. The minimum atomic E-state index is -0.832. The molecular formula is C20H21NO3S. The topological polar surface area (TPSA) is 46.6 Å². The number of amides is 1. The molecule has 2 aromatic carbocycles. The number of anilines is 1. The summed E-state index contributed by atoms with van der Waals surface area (Å²) in [7, 11) is 0. The van der Waals surface area contributed by atoms with Crippen LogP contribution < -0.4 is 4.90 Å². The Morgan fingerprint density at radius 2 is 1.84 bits per heavy atom. The van der Waals surface area contributed by atoms with Crippen LogP contribution in [-0.4, -0.2) is 30.3 Å². The van der Waals surface area contributed by atoms with Gasteiger partial charge in [0.2, 0.25) is 0 Å².